The van der Waals surface area contributed by atoms with E-state index in [-0.39, 0.29) is 0 Å². The Labute approximate surface area is 88.1 Å². The van der Waals surface area contributed by atoms with Crippen molar-refractivity contribution in [1.82, 2.24) is 0 Å². The van der Waals surface area contributed by atoms with Crippen LogP contribution < -0.4 is 9.47 Å². The quantitative estimate of drug-likeness (QED) is 0.561. The number of hydrogen-bond donors (Lipinski definition) is 0. The first-order valence-electron chi connectivity index (χ1n) is 4.70. The van der Waals surface area contributed by atoms with Gasteiger partial charge >= 0.3 is 0 Å². The van der Waals surface area contributed by atoms with E-state index in [9.17, 15) is 5.21 Å². The minimum Gasteiger partial charge on any atom is -0.619 e. The lowest BCUT2D eigenvalue weighted by molar-refractivity contribution is -0.605. The van der Waals surface area contributed by atoms with Gasteiger partial charge in [-0.1, -0.05) is 30.3 Å². The maximum Gasteiger partial charge on any atom is 0.222 e. The van der Waals surface area contributed by atoms with E-state index in [0.717, 1.165) is 10.3 Å². The van der Waals surface area contributed by atoms with Crippen molar-refractivity contribution >= 4 is 0 Å². The molecule has 76 valence electrons. The first kappa shape index (κ1) is 9.52. The van der Waals surface area contributed by atoms with E-state index in [1.807, 2.05) is 30.3 Å². The minimum atomic E-state index is 0.477. The molecule has 3 heteroatoms. The van der Waals surface area contributed by atoms with Crippen LogP contribution in [0.1, 0.15) is 5.56 Å². The number of benzene rings is 1. The van der Waals surface area contributed by atoms with E-state index in [2.05, 4.69) is 0 Å². The lowest BCUT2D eigenvalue weighted by atomic mass is 10.2. The molecule has 0 saturated carbocycles. The highest BCUT2D eigenvalue weighted by Crippen LogP contribution is 2.08. The SMILES string of the molecule is [O-][n+]1cccc(OCc2ccccc2)c1. The molecule has 0 fully saturated rings. The molecule has 1 aromatic heterocycles. The summed E-state index contributed by atoms with van der Waals surface area (Å²) in [6.07, 6.45) is 2.83. The van der Waals surface area contributed by atoms with Crippen LogP contribution >= 0.6 is 0 Å². The van der Waals surface area contributed by atoms with Crippen LogP contribution in [0.4, 0.5) is 0 Å². The zero-order chi connectivity index (χ0) is 10.5. The number of ether oxygens (including phenoxy) is 1. The fourth-order valence-corrected chi connectivity index (χ4v) is 1.26. The van der Waals surface area contributed by atoms with Crippen molar-refractivity contribution in [2.75, 3.05) is 0 Å². The van der Waals surface area contributed by atoms with Crippen LogP contribution in [-0.2, 0) is 6.61 Å². The van der Waals surface area contributed by atoms with Crippen LogP contribution in [0.15, 0.2) is 54.9 Å². The topological polar surface area (TPSA) is 36.2 Å². The molecule has 0 unspecified atom stereocenters. The van der Waals surface area contributed by atoms with E-state index in [4.69, 9.17) is 4.74 Å². The molecule has 0 saturated heterocycles. The van der Waals surface area contributed by atoms with E-state index < -0.39 is 0 Å². The maximum absolute atomic E-state index is 10.9. The summed E-state index contributed by atoms with van der Waals surface area (Å²) in [4.78, 5) is 0. The van der Waals surface area contributed by atoms with Gasteiger partial charge in [-0.15, -0.1) is 0 Å². The summed E-state index contributed by atoms with van der Waals surface area (Å²) in [7, 11) is 0. The Kier molecular flexibility index (Phi) is 2.83. The molecule has 3 nitrogen and oxygen atoms in total. The highest BCUT2D eigenvalue weighted by molar-refractivity contribution is 5.17. The second-order valence-electron chi connectivity index (χ2n) is 3.17. The van der Waals surface area contributed by atoms with Crippen LogP contribution in [0.3, 0.4) is 0 Å². The first-order chi connectivity index (χ1) is 7.34. The molecule has 2 aromatic rings. The monoisotopic (exact) mass is 201 g/mol. The predicted molar refractivity (Wildman–Crippen MR) is 56.2 cm³/mol. The maximum atomic E-state index is 10.9. The van der Waals surface area contributed by atoms with Crippen molar-refractivity contribution in [2.45, 2.75) is 6.61 Å². The Morgan fingerprint density at radius 1 is 1.07 bits per heavy atom. The zero-order valence-electron chi connectivity index (χ0n) is 8.17. The minimum absolute atomic E-state index is 0.477. The average Bonchev–Trinajstić information content (AvgIpc) is 2.28. The molecule has 1 heterocycles. The lowest BCUT2D eigenvalue weighted by Gasteiger charge is -2.04. The molecule has 15 heavy (non-hydrogen) atoms. The second kappa shape index (κ2) is 4.46. The van der Waals surface area contributed by atoms with Crippen LogP contribution in [-0.4, -0.2) is 0 Å². The normalized spacial score (nSPS) is 9.87. The van der Waals surface area contributed by atoms with Crippen molar-refractivity contribution < 1.29 is 9.47 Å². The Morgan fingerprint density at radius 2 is 1.87 bits per heavy atom. The number of nitrogens with zero attached hydrogens (tertiary/aromatic N) is 1. The highest BCUT2D eigenvalue weighted by Gasteiger charge is 1.98. The molecule has 2 rings (SSSR count). The molecule has 0 spiro atoms. The van der Waals surface area contributed by atoms with Gasteiger partial charge in [-0.05, 0) is 11.6 Å². The fourth-order valence-electron chi connectivity index (χ4n) is 1.26. The third kappa shape index (κ3) is 2.71. The fraction of sp³-hybridized carbons (Fsp3) is 0.0833. The Bertz CT molecular complexity index is 429. The van der Waals surface area contributed by atoms with Gasteiger partial charge in [0.15, 0.2) is 11.9 Å². The molecular weight excluding hydrogens is 190 g/mol. The Morgan fingerprint density at radius 3 is 2.60 bits per heavy atom. The third-order valence-corrected chi connectivity index (χ3v) is 2.00. The van der Waals surface area contributed by atoms with E-state index >= 15 is 0 Å². The number of pyridine rings is 1. The molecule has 0 aliphatic carbocycles. The smallest absolute Gasteiger partial charge is 0.222 e. The van der Waals surface area contributed by atoms with E-state index in [1.165, 1.54) is 12.4 Å². The van der Waals surface area contributed by atoms with Gasteiger partial charge in [0.25, 0.3) is 0 Å². The molecule has 0 atom stereocenters. The van der Waals surface area contributed by atoms with Crippen LogP contribution in [0.5, 0.6) is 5.75 Å². The summed E-state index contributed by atoms with van der Waals surface area (Å²) < 4.78 is 6.17. The van der Waals surface area contributed by atoms with Gasteiger partial charge in [-0.2, -0.15) is 4.73 Å². The summed E-state index contributed by atoms with van der Waals surface area (Å²) in [5, 5.41) is 10.9. The zero-order valence-corrected chi connectivity index (χ0v) is 8.17. The number of rotatable bonds is 3. The highest BCUT2D eigenvalue weighted by atomic mass is 16.5. The van der Waals surface area contributed by atoms with Crippen molar-refractivity contribution in [3.8, 4) is 5.75 Å². The molecule has 0 aliphatic rings. The first-order valence-corrected chi connectivity index (χ1v) is 4.70. The van der Waals surface area contributed by atoms with Crippen molar-refractivity contribution in [2.24, 2.45) is 0 Å². The molecule has 0 radical (unpaired) electrons. The molecule has 0 bridgehead atoms. The summed E-state index contributed by atoms with van der Waals surface area (Å²) in [6, 6.07) is 13.2. The Balaban J connectivity index is 1.99. The standard InChI is InChI=1S/C12H11NO2/c14-13-8-4-7-12(9-13)15-10-11-5-2-1-3-6-11/h1-9H,10H2. The van der Waals surface area contributed by atoms with Gasteiger partial charge in [-0.25, -0.2) is 0 Å². The van der Waals surface area contributed by atoms with Crippen molar-refractivity contribution in [3.05, 3.63) is 65.6 Å². The summed E-state index contributed by atoms with van der Waals surface area (Å²) in [5.74, 6) is 0.580. The summed E-state index contributed by atoms with van der Waals surface area (Å²) in [6.45, 7) is 0.477. The third-order valence-electron chi connectivity index (χ3n) is 2.00. The van der Waals surface area contributed by atoms with Crippen molar-refractivity contribution in [3.63, 3.8) is 0 Å². The van der Waals surface area contributed by atoms with Crippen LogP contribution in [0.2, 0.25) is 0 Å². The molecule has 0 aliphatic heterocycles. The Hall–Kier alpha value is -2.03. The lowest BCUT2D eigenvalue weighted by Crippen LogP contribution is -2.23. The van der Waals surface area contributed by atoms with Crippen LogP contribution in [0.25, 0.3) is 0 Å². The molecule has 1 aromatic carbocycles. The van der Waals surface area contributed by atoms with Gasteiger partial charge in [0.05, 0.1) is 0 Å². The van der Waals surface area contributed by atoms with E-state index in [0.29, 0.717) is 12.4 Å². The van der Waals surface area contributed by atoms with Gasteiger partial charge in [0.2, 0.25) is 6.20 Å². The largest absolute Gasteiger partial charge is 0.619 e. The van der Waals surface area contributed by atoms with E-state index in [1.54, 1.807) is 12.1 Å². The van der Waals surface area contributed by atoms with Gasteiger partial charge in [0.1, 0.15) is 6.61 Å². The van der Waals surface area contributed by atoms with Gasteiger partial charge in [0, 0.05) is 6.07 Å². The molecule has 0 N–H and O–H groups in total. The van der Waals surface area contributed by atoms with Crippen molar-refractivity contribution in [1.29, 1.82) is 0 Å². The average molecular weight is 201 g/mol. The predicted octanol–water partition coefficient (Wildman–Crippen LogP) is 1.90. The number of hydrogen-bond acceptors (Lipinski definition) is 2. The summed E-state index contributed by atoms with van der Waals surface area (Å²) in [5.41, 5.74) is 1.08. The second-order valence-corrected chi connectivity index (χ2v) is 3.17. The van der Waals surface area contributed by atoms with Gasteiger partial charge in [-0.3, -0.25) is 0 Å². The molecule has 0 amide bonds. The summed E-state index contributed by atoms with van der Waals surface area (Å²) >= 11 is 0. The molecular formula is C12H11NO2. The van der Waals surface area contributed by atoms with Gasteiger partial charge < -0.3 is 9.94 Å². The number of aromatic nitrogens is 1. The van der Waals surface area contributed by atoms with Crippen LogP contribution in [0, 0.1) is 5.21 Å².